The molecule has 2 amide bonds. The second-order valence-corrected chi connectivity index (χ2v) is 8.32. The third-order valence-electron chi connectivity index (χ3n) is 5.39. The van der Waals surface area contributed by atoms with E-state index in [1.165, 1.54) is 19.2 Å². The molecule has 0 spiro atoms. The summed E-state index contributed by atoms with van der Waals surface area (Å²) in [5.74, 6) is -1.82. The standard InChI is InChI=1S/C22H26BrF2N3O3/c1-30-10-9-28-8-7-20(27-22(29)26-15-5-3-14(23)4-6-15)17(13-28)21-18(24)11-16(31-2)12-19(21)25/h3-6,11-12,17,20H,7-10,13H2,1-2H3,(H2,26,27,29). The highest BCUT2D eigenvalue weighted by molar-refractivity contribution is 9.10. The Morgan fingerprint density at radius 1 is 1.19 bits per heavy atom. The van der Waals surface area contributed by atoms with E-state index in [-0.39, 0.29) is 11.3 Å². The molecule has 2 aromatic carbocycles. The highest BCUT2D eigenvalue weighted by atomic mass is 79.9. The van der Waals surface area contributed by atoms with Crippen LogP contribution in [0.5, 0.6) is 5.75 Å². The number of urea groups is 1. The van der Waals surface area contributed by atoms with Gasteiger partial charge in [0, 0.05) is 66.6 Å². The molecule has 6 nitrogen and oxygen atoms in total. The van der Waals surface area contributed by atoms with Crippen LogP contribution in [0.1, 0.15) is 17.9 Å². The molecule has 1 saturated heterocycles. The zero-order valence-electron chi connectivity index (χ0n) is 17.5. The number of hydrogen-bond donors (Lipinski definition) is 2. The Morgan fingerprint density at radius 3 is 2.48 bits per heavy atom. The molecular weight excluding hydrogens is 472 g/mol. The first-order valence-electron chi connectivity index (χ1n) is 9.98. The predicted octanol–water partition coefficient (Wildman–Crippen LogP) is 4.36. The van der Waals surface area contributed by atoms with Crippen LogP contribution in [0.15, 0.2) is 40.9 Å². The maximum absolute atomic E-state index is 14.9. The Hall–Kier alpha value is -2.23. The normalized spacial score (nSPS) is 19.1. The highest BCUT2D eigenvalue weighted by Crippen LogP contribution is 2.33. The number of halogens is 3. The summed E-state index contributed by atoms with van der Waals surface area (Å²) in [6, 6.07) is 8.64. The lowest BCUT2D eigenvalue weighted by atomic mass is 9.85. The molecule has 0 aromatic heterocycles. The topological polar surface area (TPSA) is 62.8 Å². The van der Waals surface area contributed by atoms with E-state index < -0.39 is 29.6 Å². The first-order chi connectivity index (χ1) is 14.9. The van der Waals surface area contributed by atoms with Crippen LogP contribution in [0.25, 0.3) is 0 Å². The molecule has 1 heterocycles. The first-order valence-corrected chi connectivity index (χ1v) is 10.8. The van der Waals surface area contributed by atoms with Gasteiger partial charge in [-0.2, -0.15) is 0 Å². The molecule has 0 bridgehead atoms. The molecule has 9 heteroatoms. The largest absolute Gasteiger partial charge is 0.497 e. The van der Waals surface area contributed by atoms with Crippen LogP contribution in [-0.2, 0) is 4.74 Å². The number of ether oxygens (including phenoxy) is 2. The molecule has 1 aliphatic rings. The van der Waals surface area contributed by atoms with E-state index in [1.54, 1.807) is 19.2 Å². The van der Waals surface area contributed by atoms with Gasteiger partial charge in [-0.1, -0.05) is 15.9 Å². The molecular formula is C22H26BrF2N3O3. The van der Waals surface area contributed by atoms with Crippen molar-refractivity contribution in [3.8, 4) is 5.75 Å². The molecule has 2 N–H and O–H groups in total. The number of benzene rings is 2. The van der Waals surface area contributed by atoms with Gasteiger partial charge in [0.15, 0.2) is 0 Å². The van der Waals surface area contributed by atoms with E-state index in [1.807, 2.05) is 12.1 Å². The molecule has 0 saturated carbocycles. The van der Waals surface area contributed by atoms with E-state index in [4.69, 9.17) is 9.47 Å². The van der Waals surface area contributed by atoms with Crippen molar-refractivity contribution in [1.29, 1.82) is 0 Å². The van der Waals surface area contributed by atoms with Crippen molar-refractivity contribution < 1.29 is 23.0 Å². The second kappa shape index (κ2) is 10.9. The van der Waals surface area contributed by atoms with Gasteiger partial charge in [0.05, 0.1) is 13.7 Å². The molecule has 3 rings (SSSR count). The minimum Gasteiger partial charge on any atom is -0.497 e. The molecule has 1 aliphatic heterocycles. The minimum absolute atomic E-state index is 0.0446. The number of carbonyl (C=O) groups is 1. The zero-order valence-corrected chi connectivity index (χ0v) is 19.0. The first kappa shape index (κ1) is 23.4. The third-order valence-corrected chi connectivity index (χ3v) is 5.91. The van der Waals surface area contributed by atoms with Crippen molar-refractivity contribution >= 4 is 27.6 Å². The molecule has 0 aliphatic carbocycles. The van der Waals surface area contributed by atoms with Crippen molar-refractivity contribution in [2.75, 3.05) is 45.8 Å². The fraction of sp³-hybridized carbons (Fsp3) is 0.409. The average Bonchev–Trinajstić information content (AvgIpc) is 2.74. The van der Waals surface area contributed by atoms with E-state index in [0.717, 1.165) is 4.47 Å². The quantitative estimate of drug-likeness (QED) is 0.596. The van der Waals surface area contributed by atoms with Crippen LogP contribution < -0.4 is 15.4 Å². The number of hydrogen-bond acceptors (Lipinski definition) is 4. The SMILES string of the molecule is COCCN1CCC(NC(=O)Nc2ccc(Br)cc2)C(c2c(F)cc(OC)cc2F)C1. The maximum atomic E-state index is 14.9. The summed E-state index contributed by atoms with van der Waals surface area (Å²) in [6.07, 6.45) is 0.549. The molecule has 2 atom stereocenters. The summed E-state index contributed by atoms with van der Waals surface area (Å²) in [5.41, 5.74) is 0.577. The van der Waals surface area contributed by atoms with Gasteiger partial charge in [0.25, 0.3) is 0 Å². The van der Waals surface area contributed by atoms with Gasteiger partial charge in [-0.05, 0) is 30.7 Å². The Morgan fingerprint density at radius 2 is 1.87 bits per heavy atom. The lowest BCUT2D eigenvalue weighted by Crippen LogP contribution is -2.51. The van der Waals surface area contributed by atoms with Crippen LogP contribution in [-0.4, -0.2) is 57.4 Å². The Labute approximate surface area is 189 Å². The van der Waals surface area contributed by atoms with Gasteiger partial charge in [-0.25, -0.2) is 13.6 Å². The molecule has 2 unspecified atom stereocenters. The van der Waals surface area contributed by atoms with Crippen LogP contribution >= 0.6 is 15.9 Å². The lowest BCUT2D eigenvalue weighted by Gasteiger charge is -2.39. The number of methoxy groups -OCH3 is 2. The fourth-order valence-electron chi connectivity index (χ4n) is 3.81. The number of likely N-dealkylation sites (tertiary alicyclic amines) is 1. The lowest BCUT2D eigenvalue weighted by molar-refractivity contribution is 0.116. The summed E-state index contributed by atoms with van der Waals surface area (Å²) in [4.78, 5) is 14.7. The van der Waals surface area contributed by atoms with Gasteiger partial charge in [0.1, 0.15) is 17.4 Å². The zero-order chi connectivity index (χ0) is 22.4. The summed E-state index contributed by atoms with van der Waals surface area (Å²) >= 11 is 3.35. The smallest absolute Gasteiger partial charge is 0.319 e. The van der Waals surface area contributed by atoms with Crippen LogP contribution in [0, 0.1) is 11.6 Å². The summed E-state index contributed by atoms with van der Waals surface area (Å²) in [7, 11) is 2.97. The van der Waals surface area contributed by atoms with Gasteiger partial charge in [0.2, 0.25) is 0 Å². The summed E-state index contributed by atoms with van der Waals surface area (Å²) in [6.45, 7) is 2.24. The Kier molecular flexibility index (Phi) is 8.22. The number of nitrogens with zero attached hydrogens (tertiary/aromatic N) is 1. The van der Waals surface area contributed by atoms with Crippen LogP contribution in [0.3, 0.4) is 0 Å². The molecule has 31 heavy (non-hydrogen) atoms. The monoisotopic (exact) mass is 497 g/mol. The Balaban J connectivity index is 1.80. The number of amides is 2. The summed E-state index contributed by atoms with van der Waals surface area (Å²) < 4.78 is 40.7. The van der Waals surface area contributed by atoms with Crippen molar-refractivity contribution in [3.05, 3.63) is 58.1 Å². The van der Waals surface area contributed by atoms with Crippen LogP contribution in [0.4, 0.5) is 19.3 Å². The number of nitrogens with one attached hydrogen (secondary N) is 2. The van der Waals surface area contributed by atoms with E-state index in [9.17, 15) is 13.6 Å². The van der Waals surface area contributed by atoms with E-state index >= 15 is 0 Å². The highest BCUT2D eigenvalue weighted by Gasteiger charge is 2.35. The van der Waals surface area contributed by atoms with Gasteiger partial charge >= 0.3 is 6.03 Å². The van der Waals surface area contributed by atoms with E-state index in [2.05, 4.69) is 31.5 Å². The predicted molar refractivity (Wildman–Crippen MR) is 119 cm³/mol. The average molecular weight is 498 g/mol. The van der Waals surface area contributed by atoms with Gasteiger partial charge in [-0.3, -0.25) is 0 Å². The number of rotatable bonds is 7. The van der Waals surface area contributed by atoms with Gasteiger partial charge in [-0.15, -0.1) is 0 Å². The summed E-state index contributed by atoms with van der Waals surface area (Å²) in [5, 5.41) is 5.68. The second-order valence-electron chi connectivity index (χ2n) is 7.41. The molecule has 2 aromatic rings. The fourth-order valence-corrected chi connectivity index (χ4v) is 4.07. The van der Waals surface area contributed by atoms with Crippen molar-refractivity contribution in [3.63, 3.8) is 0 Å². The van der Waals surface area contributed by atoms with Crippen molar-refractivity contribution in [2.45, 2.75) is 18.4 Å². The number of carbonyl (C=O) groups excluding carboxylic acids is 1. The minimum atomic E-state index is -0.685. The van der Waals surface area contributed by atoms with Crippen molar-refractivity contribution in [2.24, 2.45) is 0 Å². The van der Waals surface area contributed by atoms with Gasteiger partial charge < -0.3 is 25.0 Å². The van der Waals surface area contributed by atoms with Crippen molar-refractivity contribution in [1.82, 2.24) is 10.2 Å². The maximum Gasteiger partial charge on any atom is 0.319 e. The third kappa shape index (κ3) is 6.15. The van der Waals surface area contributed by atoms with E-state index in [0.29, 0.717) is 38.3 Å². The number of anilines is 1. The molecule has 168 valence electrons. The van der Waals surface area contributed by atoms with Crippen LogP contribution in [0.2, 0.25) is 0 Å². The number of piperidine rings is 1. The molecule has 1 fully saturated rings. The Bertz CT molecular complexity index is 875. The molecule has 0 radical (unpaired) electrons.